The number of piperidine rings is 1. The van der Waals surface area contributed by atoms with Crippen LogP contribution in [0.5, 0.6) is 0 Å². The van der Waals surface area contributed by atoms with Gasteiger partial charge in [0.25, 0.3) is 0 Å². The first-order valence-corrected chi connectivity index (χ1v) is 10.1. The molecule has 156 valence electrons. The summed E-state index contributed by atoms with van der Waals surface area (Å²) in [6.45, 7) is 8.31. The maximum Gasteiger partial charge on any atom is 0.234 e. The molecule has 1 fully saturated rings. The Morgan fingerprint density at radius 2 is 1.93 bits per heavy atom. The van der Waals surface area contributed by atoms with E-state index in [2.05, 4.69) is 39.3 Å². The second-order valence-electron chi connectivity index (χ2n) is 8.77. The Morgan fingerprint density at radius 1 is 1.21 bits per heavy atom. The van der Waals surface area contributed by atoms with Crippen LogP contribution in [0, 0.1) is 11.3 Å². The van der Waals surface area contributed by atoms with Crippen molar-refractivity contribution in [2.75, 3.05) is 46.8 Å². The predicted octanol–water partition coefficient (Wildman–Crippen LogP) is 1.11. The van der Waals surface area contributed by atoms with E-state index < -0.39 is 0 Å². The van der Waals surface area contributed by atoms with Crippen molar-refractivity contribution in [2.24, 2.45) is 11.3 Å². The van der Waals surface area contributed by atoms with E-state index in [0.29, 0.717) is 19.6 Å². The number of rotatable bonds is 9. The lowest BCUT2D eigenvalue weighted by atomic mass is 9.91. The molecule has 0 aliphatic carbocycles. The third-order valence-electron chi connectivity index (χ3n) is 5.00. The SMILES string of the molecule is CN(C)CC(C)(C)CNC(=O)C1CCN(CC(=O)NCc2ccccn2)CC1. The van der Waals surface area contributed by atoms with Crippen LogP contribution in [0.2, 0.25) is 0 Å². The van der Waals surface area contributed by atoms with Gasteiger partial charge in [-0.1, -0.05) is 19.9 Å². The standard InChI is InChI=1S/C21H35N5O2/c1-21(2,16-25(3)4)15-24-20(28)17-8-11-26(12-9-17)14-19(27)23-13-18-7-5-6-10-22-18/h5-7,10,17H,8-9,11-16H2,1-4H3,(H,23,27)(H,24,28). The Morgan fingerprint density at radius 3 is 2.54 bits per heavy atom. The van der Waals surface area contributed by atoms with Crippen molar-refractivity contribution < 1.29 is 9.59 Å². The van der Waals surface area contributed by atoms with Crippen LogP contribution in [0.3, 0.4) is 0 Å². The van der Waals surface area contributed by atoms with Crippen LogP contribution in [0.15, 0.2) is 24.4 Å². The van der Waals surface area contributed by atoms with Crippen LogP contribution >= 0.6 is 0 Å². The fourth-order valence-electron chi connectivity index (χ4n) is 3.69. The molecular weight excluding hydrogens is 354 g/mol. The van der Waals surface area contributed by atoms with E-state index in [-0.39, 0.29) is 23.1 Å². The van der Waals surface area contributed by atoms with E-state index in [1.165, 1.54) is 0 Å². The van der Waals surface area contributed by atoms with Crippen LogP contribution in [0.1, 0.15) is 32.4 Å². The minimum atomic E-state index is -0.000936. The first kappa shape index (κ1) is 22.3. The van der Waals surface area contributed by atoms with Crippen LogP contribution in [-0.4, -0.2) is 73.4 Å². The molecule has 0 unspecified atom stereocenters. The lowest BCUT2D eigenvalue weighted by Crippen LogP contribution is -2.46. The Hall–Kier alpha value is -1.99. The third kappa shape index (κ3) is 7.94. The van der Waals surface area contributed by atoms with Crippen LogP contribution in [0.4, 0.5) is 0 Å². The summed E-state index contributed by atoms with van der Waals surface area (Å²) < 4.78 is 0. The summed E-state index contributed by atoms with van der Waals surface area (Å²) >= 11 is 0. The normalized spacial score (nSPS) is 16.2. The molecule has 1 aliphatic rings. The van der Waals surface area contributed by atoms with Gasteiger partial charge in [0.05, 0.1) is 18.8 Å². The largest absolute Gasteiger partial charge is 0.355 e. The summed E-state index contributed by atoms with van der Waals surface area (Å²) in [6.07, 6.45) is 3.32. The number of carbonyl (C=O) groups excluding carboxylic acids is 2. The van der Waals surface area contributed by atoms with Gasteiger partial charge in [0.15, 0.2) is 0 Å². The molecule has 2 heterocycles. The quantitative estimate of drug-likeness (QED) is 0.662. The number of hydrogen-bond donors (Lipinski definition) is 2. The number of nitrogens with zero attached hydrogens (tertiary/aromatic N) is 3. The molecule has 7 heteroatoms. The van der Waals surface area contributed by atoms with Gasteiger partial charge < -0.3 is 15.5 Å². The molecular formula is C21H35N5O2. The van der Waals surface area contributed by atoms with Gasteiger partial charge in [0.2, 0.25) is 11.8 Å². The summed E-state index contributed by atoms with van der Waals surface area (Å²) in [5, 5.41) is 6.03. The first-order valence-electron chi connectivity index (χ1n) is 10.1. The lowest BCUT2D eigenvalue weighted by Gasteiger charge is -2.32. The summed E-state index contributed by atoms with van der Waals surface area (Å²) in [5.41, 5.74) is 0.898. The Kier molecular flexibility index (Phi) is 8.38. The molecule has 1 saturated heterocycles. The smallest absolute Gasteiger partial charge is 0.234 e. The van der Waals surface area contributed by atoms with Crippen molar-refractivity contribution in [3.8, 4) is 0 Å². The van der Waals surface area contributed by atoms with Gasteiger partial charge in [0.1, 0.15) is 0 Å². The summed E-state index contributed by atoms with van der Waals surface area (Å²) in [4.78, 5) is 33.1. The highest BCUT2D eigenvalue weighted by Gasteiger charge is 2.27. The zero-order valence-electron chi connectivity index (χ0n) is 17.7. The van der Waals surface area contributed by atoms with E-state index in [4.69, 9.17) is 0 Å². The third-order valence-corrected chi connectivity index (χ3v) is 5.00. The van der Waals surface area contributed by atoms with Gasteiger partial charge in [-0.3, -0.25) is 19.5 Å². The molecule has 0 saturated carbocycles. The molecule has 0 radical (unpaired) electrons. The highest BCUT2D eigenvalue weighted by atomic mass is 16.2. The topological polar surface area (TPSA) is 77.6 Å². The number of pyridine rings is 1. The zero-order valence-corrected chi connectivity index (χ0v) is 17.7. The lowest BCUT2D eigenvalue weighted by molar-refractivity contribution is -0.127. The molecule has 28 heavy (non-hydrogen) atoms. The number of likely N-dealkylation sites (tertiary alicyclic amines) is 1. The highest BCUT2D eigenvalue weighted by Crippen LogP contribution is 2.19. The second-order valence-corrected chi connectivity index (χ2v) is 8.77. The van der Waals surface area contributed by atoms with Crippen molar-refractivity contribution in [1.29, 1.82) is 0 Å². The van der Waals surface area contributed by atoms with E-state index in [9.17, 15) is 9.59 Å². The summed E-state index contributed by atoms with van der Waals surface area (Å²) in [5.74, 6) is 0.188. The summed E-state index contributed by atoms with van der Waals surface area (Å²) in [6, 6.07) is 5.66. The second kappa shape index (κ2) is 10.5. The predicted molar refractivity (Wildman–Crippen MR) is 111 cm³/mol. The number of amides is 2. The van der Waals surface area contributed by atoms with E-state index in [1.807, 2.05) is 32.3 Å². The molecule has 2 amide bonds. The molecule has 2 N–H and O–H groups in total. The average Bonchev–Trinajstić information content (AvgIpc) is 2.65. The van der Waals surface area contributed by atoms with Crippen LogP contribution in [0.25, 0.3) is 0 Å². The molecule has 7 nitrogen and oxygen atoms in total. The van der Waals surface area contributed by atoms with Crippen molar-refractivity contribution in [3.05, 3.63) is 30.1 Å². The first-order chi connectivity index (χ1) is 13.2. The van der Waals surface area contributed by atoms with Crippen molar-refractivity contribution in [3.63, 3.8) is 0 Å². The number of hydrogen-bond acceptors (Lipinski definition) is 5. The molecule has 1 aromatic heterocycles. The van der Waals surface area contributed by atoms with Crippen molar-refractivity contribution in [1.82, 2.24) is 25.4 Å². The molecule has 0 spiro atoms. The highest BCUT2D eigenvalue weighted by molar-refractivity contribution is 5.79. The van der Waals surface area contributed by atoms with E-state index in [0.717, 1.165) is 38.2 Å². The number of nitrogens with one attached hydrogen (secondary N) is 2. The van der Waals surface area contributed by atoms with Crippen molar-refractivity contribution in [2.45, 2.75) is 33.2 Å². The zero-order chi connectivity index (χ0) is 20.6. The van der Waals surface area contributed by atoms with Gasteiger partial charge in [-0.15, -0.1) is 0 Å². The fourth-order valence-corrected chi connectivity index (χ4v) is 3.69. The van der Waals surface area contributed by atoms with Gasteiger partial charge in [0, 0.05) is 25.2 Å². The summed E-state index contributed by atoms with van der Waals surface area (Å²) in [7, 11) is 4.09. The Bertz CT molecular complexity index is 625. The van der Waals surface area contributed by atoms with E-state index in [1.54, 1.807) is 6.20 Å². The molecule has 1 aromatic rings. The van der Waals surface area contributed by atoms with Crippen molar-refractivity contribution >= 4 is 11.8 Å². The maximum absolute atomic E-state index is 12.5. The molecule has 1 aliphatic heterocycles. The minimum Gasteiger partial charge on any atom is -0.355 e. The maximum atomic E-state index is 12.5. The molecule has 0 atom stereocenters. The fraction of sp³-hybridized carbons (Fsp3) is 0.667. The van der Waals surface area contributed by atoms with Gasteiger partial charge in [-0.25, -0.2) is 0 Å². The minimum absolute atomic E-state index is 0.000936. The van der Waals surface area contributed by atoms with Gasteiger partial charge >= 0.3 is 0 Å². The molecule has 0 aromatic carbocycles. The number of carbonyl (C=O) groups is 2. The van der Waals surface area contributed by atoms with E-state index >= 15 is 0 Å². The Labute approximate surface area is 168 Å². The van der Waals surface area contributed by atoms with Gasteiger partial charge in [-0.05, 0) is 57.6 Å². The monoisotopic (exact) mass is 389 g/mol. The van der Waals surface area contributed by atoms with Gasteiger partial charge in [-0.2, -0.15) is 0 Å². The number of aromatic nitrogens is 1. The van der Waals surface area contributed by atoms with Crippen LogP contribution < -0.4 is 10.6 Å². The molecule has 0 bridgehead atoms. The Balaban J connectivity index is 1.66. The molecule has 2 rings (SSSR count). The average molecular weight is 390 g/mol. The van der Waals surface area contributed by atoms with Crippen LogP contribution in [-0.2, 0) is 16.1 Å².